The zero-order chi connectivity index (χ0) is 35.4. The summed E-state index contributed by atoms with van der Waals surface area (Å²) in [4.78, 5) is 34.7. The monoisotopic (exact) mass is 706 g/mol. The molecule has 1 unspecified atom stereocenters. The van der Waals surface area contributed by atoms with Gasteiger partial charge in [-0.3, -0.25) is 18.6 Å². The van der Waals surface area contributed by atoms with Gasteiger partial charge in [-0.25, -0.2) is 4.57 Å². The average molecular weight is 706 g/mol. The molecule has 0 rings (SSSR count). The predicted octanol–water partition coefficient (Wildman–Crippen LogP) is 10.9. The van der Waals surface area contributed by atoms with E-state index in [1.165, 1.54) is 135 Å². The van der Waals surface area contributed by atoms with E-state index in [4.69, 9.17) is 24.3 Å². The second-order valence-corrected chi connectivity index (χ2v) is 15.0. The second kappa shape index (κ2) is 35.8. The van der Waals surface area contributed by atoms with Gasteiger partial charge in [-0.2, -0.15) is 0 Å². The molecule has 9 nitrogen and oxygen atoms in total. The second-order valence-electron chi connectivity index (χ2n) is 13.5. The molecule has 2 atom stereocenters. The van der Waals surface area contributed by atoms with Gasteiger partial charge in [0.15, 0.2) is 6.10 Å². The molecule has 10 heteroatoms. The zero-order valence-electron chi connectivity index (χ0n) is 31.2. The topological polar surface area (TPSA) is 134 Å². The van der Waals surface area contributed by atoms with Crippen LogP contribution in [0.25, 0.3) is 0 Å². The standard InChI is InChI=1S/C38H76NO8P/c1-3-5-7-9-11-13-15-16-17-18-19-21-23-25-27-29-31-38(41)47-36(35-46-48(42,43)45-33-32-39)34-44-37(40)30-28-26-24-22-20-14-12-10-8-6-4-2/h36H,3-35,39H2,1-2H3,(H,42,43)/t36-/m1/s1. The van der Waals surface area contributed by atoms with Gasteiger partial charge in [0.05, 0.1) is 13.2 Å². The van der Waals surface area contributed by atoms with Gasteiger partial charge in [0.2, 0.25) is 0 Å². The summed E-state index contributed by atoms with van der Waals surface area (Å²) >= 11 is 0. The number of esters is 2. The number of phosphoric acid groups is 1. The third-order valence-corrected chi connectivity index (χ3v) is 9.73. The predicted molar refractivity (Wildman–Crippen MR) is 197 cm³/mol. The van der Waals surface area contributed by atoms with E-state index in [0.29, 0.717) is 6.42 Å². The van der Waals surface area contributed by atoms with Crippen LogP contribution in [0.2, 0.25) is 0 Å². The summed E-state index contributed by atoms with van der Waals surface area (Å²) in [6, 6.07) is 0. The number of hydrogen-bond acceptors (Lipinski definition) is 8. The Bertz CT molecular complexity index is 769. The SMILES string of the molecule is CCCCCCCCCCCCCCCCCCC(=O)O[C@H](COC(=O)CCCCCCCCCCCCC)COP(=O)(O)OCCN. The van der Waals surface area contributed by atoms with E-state index in [-0.39, 0.29) is 38.6 Å². The van der Waals surface area contributed by atoms with E-state index in [2.05, 4.69) is 13.8 Å². The Kier molecular flexibility index (Phi) is 35.1. The first kappa shape index (κ1) is 47.0. The minimum atomic E-state index is -4.36. The lowest BCUT2D eigenvalue weighted by Crippen LogP contribution is -2.29. The van der Waals surface area contributed by atoms with E-state index < -0.39 is 26.5 Å². The molecule has 286 valence electrons. The molecule has 0 aromatic rings. The van der Waals surface area contributed by atoms with Crippen molar-refractivity contribution in [3.05, 3.63) is 0 Å². The lowest BCUT2D eigenvalue weighted by Gasteiger charge is -2.19. The molecule has 0 spiro atoms. The van der Waals surface area contributed by atoms with Gasteiger partial charge >= 0.3 is 19.8 Å². The lowest BCUT2D eigenvalue weighted by molar-refractivity contribution is -0.161. The number of phosphoric ester groups is 1. The molecule has 0 aliphatic heterocycles. The van der Waals surface area contributed by atoms with Gasteiger partial charge in [-0.15, -0.1) is 0 Å². The van der Waals surface area contributed by atoms with Gasteiger partial charge in [-0.1, -0.05) is 174 Å². The van der Waals surface area contributed by atoms with Gasteiger partial charge in [0.25, 0.3) is 0 Å². The van der Waals surface area contributed by atoms with Crippen LogP contribution in [0.3, 0.4) is 0 Å². The summed E-state index contributed by atoms with van der Waals surface area (Å²) in [6.45, 7) is 3.75. The fourth-order valence-electron chi connectivity index (χ4n) is 5.75. The Morgan fingerprint density at radius 1 is 0.542 bits per heavy atom. The molecular formula is C38H76NO8P. The molecule has 0 aliphatic carbocycles. The maximum absolute atomic E-state index is 12.5. The molecule has 0 saturated carbocycles. The molecule has 3 N–H and O–H groups in total. The molecule has 0 aromatic heterocycles. The number of rotatable bonds is 38. The first-order chi connectivity index (χ1) is 23.3. The highest BCUT2D eigenvalue weighted by Crippen LogP contribution is 2.43. The summed E-state index contributed by atoms with van der Waals surface area (Å²) in [5.41, 5.74) is 5.33. The Labute approximate surface area is 295 Å². The third-order valence-electron chi connectivity index (χ3n) is 8.74. The minimum absolute atomic E-state index is 0.0578. The minimum Gasteiger partial charge on any atom is -0.462 e. The average Bonchev–Trinajstić information content (AvgIpc) is 3.07. The number of carbonyl (C=O) groups is 2. The normalized spacial score (nSPS) is 13.3. The first-order valence-electron chi connectivity index (χ1n) is 20.0. The van der Waals surface area contributed by atoms with Crippen LogP contribution in [0.4, 0.5) is 0 Å². The fraction of sp³-hybridized carbons (Fsp3) is 0.947. The van der Waals surface area contributed by atoms with Crippen LogP contribution in [-0.4, -0.2) is 49.3 Å². The van der Waals surface area contributed by atoms with Crippen molar-refractivity contribution in [2.24, 2.45) is 5.73 Å². The largest absolute Gasteiger partial charge is 0.472 e. The molecular weight excluding hydrogens is 629 g/mol. The van der Waals surface area contributed by atoms with Gasteiger partial charge in [0.1, 0.15) is 6.61 Å². The van der Waals surface area contributed by atoms with Crippen LogP contribution in [0, 0.1) is 0 Å². The van der Waals surface area contributed by atoms with Crippen LogP contribution in [-0.2, 0) is 32.7 Å². The lowest BCUT2D eigenvalue weighted by atomic mass is 10.0. The molecule has 0 aliphatic rings. The molecule has 0 fully saturated rings. The number of ether oxygens (including phenoxy) is 2. The maximum Gasteiger partial charge on any atom is 0.472 e. The van der Waals surface area contributed by atoms with Crippen LogP contribution in [0.15, 0.2) is 0 Å². The van der Waals surface area contributed by atoms with E-state index in [1.54, 1.807) is 0 Å². The highest BCUT2D eigenvalue weighted by atomic mass is 31.2. The molecule has 0 bridgehead atoms. The molecule has 0 radical (unpaired) electrons. The molecule has 0 heterocycles. The summed E-state index contributed by atoms with van der Waals surface area (Å²) in [5.74, 6) is -0.817. The van der Waals surface area contributed by atoms with E-state index >= 15 is 0 Å². The van der Waals surface area contributed by atoms with E-state index in [1.807, 2.05) is 0 Å². The summed E-state index contributed by atoms with van der Waals surface area (Å²) in [6.07, 6.45) is 32.7. The Morgan fingerprint density at radius 3 is 1.27 bits per heavy atom. The van der Waals surface area contributed by atoms with Crippen molar-refractivity contribution in [1.82, 2.24) is 0 Å². The maximum atomic E-state index is 12.5. The Morgan fingerprint density at radius 2 is 0.896 bits per heavy atom. The number of nitrogens with two attached hydrogens (primary N) is 1. The zero-order valence-corrected chi connectivity index (χ0v) is 32.1. The van der Waals surface area contributed by atoms with Crippen LogP contribution in [0.5, 0.6) is 0 Å². The van der Waals surface area contributed by atoms with Crippen molar-refractivity contribution in [2.75, 3.05) is 26.4 Å². The quantitative estimate of drug-likeness (QED) is 0.0365. The number of unbranched alkanes of at least 4 members (excludes halogenated alkanes) is 25. The summed E-state index contributed by atoms with van der Waals surface area (Å²) in [7, 11) is -4.36. The highest BCUT2D eigenvalue weighted by molar-refractivity contribution is 7.47. The number of carbonyl (C=O) groups excluding carboxylic acids is 2. The van der Waals surface area contributed by atoms with Crippen molar-refractivity contribution in [2.45, 2.75) is 206 Å². The van der Waals surface area contributed by atoms with E-state index in [0.717, 1.165) is 32.1 Å². The summed E-state index contributed by atoms with van der Waals surface area (Å²) < 4.78 is 32.7. The van der Waals surface area contributed by atoms with Gasteiger partial charge in [0, 0.05) is 19.4 Å². The Hall–Kier alpha value is -0.990. The van der Waals surface area contributed by atoms with Crippen LogP contribution in [0.1, 0.15) is 200 Å². The molecule has 48 heavy (non-hydrogen) atoms. The van der Waals surface area contributed by atoms with Crippen molar-refractivity contribution < 1.29 is 37.6 Å². The van der Waals surface area contributed by atoms with Gasteiger partial charge < -0.3 is 20.1 Å². The number of hydrogen-bond donors (Lipinski definition) is 2. The van der Waals surface area contributed by atoms with Gasteiger partial charge in [-0.05, 0) is 12.8 Å². The summed E-state index contributed by atoms with van der Waals surface area (Å²) in [5, 5.41) is 0. The van der Waals surface area contributed by atoms with Crippen LogP contribution < -0.4 is 5.73 Å². The third kappa shape index (κ3) is 34.9. The fourth-order valence-corrected chi connectivity index (χ4v) is 6.52. The molecule has 0 aromatic carbocycles. The highest BCUT2D eigenvalue weighted by Gasteiger charge is 2.26. The first-order valence-corrected chi connectivity index (χ1v) is 21.5. The van der Waals surface area contributed by atoms with E-state index in [9.17, 15) is 19.0 Å². The van der Waals surface area contributed by atoms with Crippen molar-refractivity contribution in [3.8, 4) is 0 Å². The van der Waals surface area contributed by atoms with Crippen molar-refractivity contribution in [1.29, 1.82) is 0 Å². The molecule has 0 amide bonds. The Balaban J connectivity index is 4.14. The van der Waals surface area contributed by atoms with Crippen LogP contribution >= 0.6 is 7.82 Å². The molecule has 0 saturated heterocycles. The van der Waals surface area contributed by atoms with Crippen molar-refractivity contribution in [3.63, 3.8) is 0 Å². The smallest absolute Gasteiger partial charge is 0.462 e. The van der Waals surface area contributed by atoms with Crippen molar-refractivity contribution >= 4 is 19.8 Å².